The van der Waals surface area contributed by atoms with E-state index < -0.39 is 5.97 Å². The molecular formula is C6H12O2. The molecule has 0 aliphatic heterocycles. The van der Waals surface area contributed by atoms with Crippen LogP contribution in [0.5, 0.6) is 0 Å². The van der Waals surface area contributed by atoms with Crippen molar-refractivity contribution in [3.8, 4) is 0 Å². The Bertz CT molecular complexity index is 68.9. The van der Waals surface area contributed by atoms with Crippen molar-refractivity contribution in [2.45, 2.75) is 32.6 Å². The second-order valence-electron chi connectivity index (χ2n) is 1.85. The van der Waals surface area contributed by atoms with E-state index in [1.54, 1.807) is 0 Å². The first kappa shape index (κ1) is 7.47. The van der Waals surface area contributed by atoms with Crippen molar-refractivity contribution in [2.75, 3.05) is 0 Å². The van der Waals surface area contributed by atoms with E-state index in [0.717, 1.165) is 19.3 Å². The van der Waals surface area contributed by atoms with Gasteiger partial charge in [0, 0.05) is 6.42 Å². The molecule has 0 aromatic heterocycles. The van der Waals surface area contributed by atoms with Crippen LogP contribution in [-0.2, 0) is 4.79 Å². The molecule has 0 saturated carbocycles. The minimum absolute atomic E-state index is 0.327. The number of hydrogen-bond acceptors (Lipinski definition) is 1. The molecule has 0 spiro atoms. The predicted octanol–water partition coefficient (Wildman–Crippen LogP) is 1.65. The van der Waals surface area contributed by atoms with Crippen LogP contribution in [0.1, 0.15) is 32.6 Å². The molecule has 0 unspecified atom stereocenters. The first-order valence-corrected chi connectivity index (χ1v) is 2.99. The molecule has 0 atom stereocenters. The SMILES string of the molecule is [13CH3]C[13CH2][13CH2][13CH2][13C](=O)O. The summed E-state index contributed by atoms with van der Waals surface area (Å²) in [4.78, 5) is 9.87. The standard InChI is InChI=1S/C6H12O2/c1-2-3-4-5-6(7)8/h2-5H2,1H3,(H,7,8)/i1+1,3+1,4+1,5+1,6+1. The predicted molar refractivity (Wildman–Crippen MR) is 31.8 cm³/mol. The van der Waals surface area contributed by atoms with Gasteiger partial charge in [0.05, 0.1) is 0 Å². The van der Waals surface area contributed by atoms with Crippen LogP contribution >= 0.6 is 0 Å². The molecule has 0 rings (SSSR count). The topological polar surface area (TPSA) is 37.3 Å². The van der Waals surface area contributed by atoms with E-state index in [-0.39, 0.29) is 0 Å². The second kappa shape index (κ2) is 4.62. The number of unbranched alkanes of at least 4 members (excludes halogenated alkanes) is 2. The summed E-state index contributed by atoms with van der Waals surface area (Å²) in [5.74, 6) is -0.682. The Labute approximate surface area is 49.5 Å². The molecular weight excluding hydrogens is 109 g/mol. The van der Waals surface area contributed by atoms with Gasteiger partial charge in [-0.2, -0.15) is 0 Å². The summed E-state index contributed by atoms with van der Waals surface area (Å²) in [6, 6.07) is 0. The maximum Gasteiger partial charge on any atom is 0.303 e. The normalized spacial score (nSPS) is 9.12. The third-order valence-electron chi connectivity index (χ3n) is 0.994. The maximum absolute atomic E-state index is 9.87. The molecule has 0 radical (unpaired) electrons. The molecule has 0 aromatic carbocycles. The highest BCUT2D eigenvalue weighted by molar-refractivity contribution is 5.66. The Morgan fingerprint density at radius 2 is 2.12 bits per heavy atom. The zero-order chi connectivity index (χ0) is 6.41. The first-order chi connectivity index (χ1) is 3.77. The van der Waals surface area contributed by atoms with Crippen molar-refractivity contribution < 1.29 is 9.90 Å². The number of carboxylic acid groups (broad SMARTS) is 1. The summed E-state index contributed by atoms with van der Waals surface area (Å²) in [5, 5.41) is 8.14. The number of rotatable bonds is 4. The summed E-state index contributed by atoms with van der Waals surface area (Å²) in [5.41, 5.74) is 0. The van der Waals surface area contributed by atoms with Crippen molar-refractivity contribution in [3.63, 3.8) is 0 Å². The maximum atomic E-state index is 9.87. The molecule has 0 saturated heterocycles. The van der Waals surface area contributed by atoms with Crippen LogP contribution in [0.2, 0.25) is 0 Å². The van der Waals surface area contributed by atoms with Crippen molar-refractivity contribution in [2.24, 2.45) is 0 Å². The minimum atomic E-state index is -0.682. The molecule has 48 valence electrons. The first-order valence-electron chi connectivity index (χ1n) is 2.99. The molecule has 0 aliphatic rings. The van der Waals surface area contributed by atoms with Crippen LogP contribution in [0.25, 0.3) is 0 Å². The van der Waals surface area contributed by atoms with Crippen LogP contribution in [0.3, 0.4) is 0 Å². The summed E-state index contributed by atoms with van der Waals surface area (Å²) in [6.45, 7) is 2.06. The molecule has 1 N–H and O–H groups in total. The highest BCUT2D eigenvalue weighted by Gasteiger charge is 1.92. The molecule has 0 fully saturated rings. The molecule has 2 heteroatoms. The van der Waals surface area contributed by atoms with E-state index in [4.69, 9.17) is 5.11 Å². The van der Waals surface area contributed by atoms with Crippen molar-refractivity contribution in [3.05, 3.63) is 0 Å². The Balaban J connectivity index is 2.82. The quantitative estimate of drug-likeness (QED) is 0.453. The zero-order valence-corrected chi connectivity index (χ0v) is 5.18. The van der Waals surface area contributed by atoms with Crippen LogP contribution < -0.4 is 0 Å². The lowest BCUT2D eigenvalue weighted by Crippen LogP contribution is -1.92. The van der Waals surface area contributed by atoms with E-state index in [2.05, 4.69) is 6.92 Å². The summed E-state index contributed by atoms with van der Waals surface area (Å²) in [6.07, 6.45) is 3.28. The monoisotopic (exact) mass is 121 g/mol. The zero-order valence-electron chi connectivity index (χ0n) is 5.18. The number of carboxylic acids is 1. The Kier molecular flexibility index (Phi) is 4.32. The third-order valence-corrected chi connectivity index (χ3v) is 0.994. The summed E-state index contributed by atoms with van der Waals surface area (Å²) < 4.78 is 0. The highest BCUT2D eigenvalue weighted by atomic mass is 16.5. The van der Waals surface area contributed by atoms with E-state index in [0.29, 0.717) is 6.42 Å². The summed E-state index contributed by atoms with van der Waals surface area (Å²) >= 11 is 0. The fourth-order valence-electron chi connectivity index (χ4n) is 0.526. The van der Waals surface area contributed by atoms with Gasteiger partial charge in [-0.3, -0.25) is 4.79 Å². The van der Waals surface area contributed by atoms with Crippen LogP contribution in [0.4, 0.5) is 0 Å². The van der Waals surface area contributed by atoms with E-state index in [9.17, 15) is 4.79 Å². The fourth-order valence-corrected chi connectivity index (χ4v) is 0.526. The lowest BCUT2D eigenvalue weighted by atomic mass is 10.9. The van der Waals surface area contributed by atoms with E-state index in [1.165, 1.54) is 0 Å². The lowest BCUT2D eigenvalue weighted by molar-refractivity contribution is -0.137. The molecule has 0 amide bonds. The number of hydrogen-bond donors (Lipinski definition) is 1. The largest absolute Gasteiger partial charge is 0.481 e. The second-order valence-corrected chi connectivity index (χ2v) is 1.85. The van der Waals surface area contributed by atoms with Gasteiger partial charge in [-0.1, -0.05) is 19.8 Å². The van der Waals surface area contributed by atoms with Crippen LogP contribution in [0.15, 0.2) is 0 Å². The van der Waals surface area contributed by atoms with Gasteiger partial charge in [0.15, 0.2) is 0 Å². The molecule has 0 aromatic rings. The molecule has 0 heterocycles. The van der Waals surface area contributed by atoms with E-state index in [1.807, 2.05) is 0 Å². The van der Waals surface area contributed by atoms with Gasteiger partial charge in [-0.15, -0.1) is 0 Å². The van der Waals surface area contributed by atoms with Gasteiger partial charge >= 0.3 is 5.97 Å². The van der Waals surface area contributed by atoms with Gasteiger partial charge in [-0.05, 0) is 6.42 Å². The molecule has 0 bridgehead atoms. The molecule has 0 aliphatic carbocycles. The fraction of sp³-hybridized carbons (Fsp3) is 0.833. The average Bonchev–Trinajstić information content (AvgIpc) is 1.66. The Morgan fingerprint density at radius 3 is 2.50 bits per heavy atom. The van der Waals surface area contributed by atoms with Gasteiger partial charge < -0.3 is 5.11 Å². The van der Waals surface area contributed by atoms with Gasteiger partial charge in [0.25, 0.3) is 0 Å². The van der Waals surface area contributed by atoms with Gasteiger partial charge in [0.2, 0.25) is 0 Å². The minimum Gasteiger partial charge on any atom is -0.481 e. The smallest absolute Gasteiger partial charge is 0.303 e. The van der Waals surface area contributed by atoms with Gasteiger partial charge in [-0.25, -0.2) is 0 Å². The number of aliphatic carboxylic acids is 1. The Hall–Kier alpha value is -0.530. The van der Waals surface area contributed by atoms with Gasteiger partial charge in [0.1, 0.15) is 0 Å². The molecule has 2 nitrogen and oxygen atoms in total. The third kappa shape index (κ3) is 5.47. The number of carbonyl (C=O) groups is 1. The van der Waals surface area contributed by atoms with Crippen LogP contribution in [-0.4, -0.2) is 11.1 Å². The highest BCUT2D eigenvalue weighted by Crippen LogP contribution is 1.97. The lowest BCUT2D eigenvalue weighted by Gasteiger charge is -1.89. The Morgan fingerprint density at radius 1 is 1.50 bits per heavy atom. The van der Waals surface area contributed by atoms with Crippen LogP contribution in [0, 0.1) is 0 Å². The summed E-state index contributed by atoms with van der Waals surface area (Å²) in [7, 11) is 0. The van der Waals surface area contributed by atoms with E-state index >= 15 is 0 Å². The van der Waals surface area contributed by atoms with Crippen molar-refractivity contribution in [1.82, 2.24) is 0 Å². The molecule has 8 heavy (non-hydrogen) atoms. The average molecular weight is 121 g/mol. The van der Waals surface area contributed by atoms with Crippen molar-refractivity contribution >= 4 is 5.97 Å². The van der Waals surface area contributed by atoms with Crippen molar-refractivity contribution in [1.29, 1.82) is 0 Å².